The fourth-order valence-corrected chi connectivity index (χ4v) is 2.99. The first-order chi connectivity index (χ1) is 14.7. The molecule has 2 aromatic rings. The second-order valence-corrected chi connectivity index (χ2v) is 6.97. The summed E-state index contributed by atoms with van der Waals surface area (Å²) in [6.45, 7) is -0.137. The zero-order valence-corrected chi connectivity index (χ0v) is 16.7. The quantitative estimate of drug-likeness (QED) is 0.127. The molecule has 0 aliphatic rings. The zero-order valence-electron chi connectivity index (χ0n) is 16.7. The number of rotatable bonds is 11. The largest absolute Gasteiger partial charge is 0.480 e. The number of carbonyl (C=O) groups excluding carboxylic acids is 2. The summed E-state index contributed by atoms with van der Waals surface area (Å²) < 4.78 is 13.3. The molecule has 0 bridgehead atoms. The first-order valence-corrected chi connectivity index (χ1v) is 9.56. The molecule has 2 rings (SSSR count). The normalized spacial score (nSPS) is 12.7. The molecular weight excluding hydrogens is 409 g/mol. The lowest BCUT2D eigenvalue weighted by Gasteiger charge is -2.16. The molecule has 168 valence electrons. The van der Waals surface area contributed by atoms with E-state index < -0.39 is 36.4 Å². The van der Waals surface area contributed by atoms with Gasteiger partial charge in [0.1, 0.15) is 11.9 Å². The van der Waals surface area contributed by atoms with Gasteiger partial charge in [-0.15, -0.1) is 0 Å². The van der Waals surface area contributed by atoms with Gasteiger partial charge in [0.2, 0.25) is 11.8 Å². The van der Waals surface area contributed by atoms with Crippen LogP contribution in [-0.4, -0.2) is 59.0 Å². The van der Waals surface area contributed by atoms with Gasteiger partial charge in [-0.25, -0.2) is 9.18 Å². The third-order valence-corrected chi connectivity index (χ3v) is 4.55. The molecule has 0 aliphatic heterocycles. The maximum absolute atomic E-state index is 13.3. The van der Waals surface area contributed by atoms with E-state index in [0.717, 1.165) is 10.9 Å². The number of benzene rings is 1. The van der Waals surface area contributed by atoms with Crippen LogP contribution in [0.2, 0.25) is 0 Å². The topological polar surface area (TPSA) is 199 Å². The Morgan fingerprint density at radius 2 is 2.00 bits per heavy atom. The summed E-state index contributed by atoms with van der Waals surface area (Å²) in [6, 6.07) is 2.14. The van der Waals surface area contributed by atoms with Crippen LogP contribution < -0.4 is 27.4 Å². The van der Waals surface area contributed by atoms with E-state index in [2.05, 4.69) is 20.9 Å². The second kappa shape index (κ2) is 10.9. The lowest BCUT2D eigenvalue weighted by molar-refractivity contribution is -0.141. The van der Waals surface area contributed by atoms with Crippen molar-refractivity contribution in [1.29, 1.82) is 5.41 Å². The molecule has 0 saturated carbocycles. The number of carboxylic acid groups (broad SMARTS) is 1. The van der Waals surface area contributed by atoms with Gasteiger partial charge in [-0.2, -0.15) is 0 Å². The fraction of sp³-hybridized carbons (Fsp3) is 0.368. The Labute approximate surface area is 177 Å². The van der Waals surface area contributed by atoms with E-state index in [-0.39, 0.29) is 24.6 Å². The Morgan fingerprint density at radius 3 is 2.68 bits per heavy atom. The van der Waals surface area contributed by atoms with E-state index in [1.807, 2.05) is 0 Å². The Kier molecular flexibility index (Phi) is 8.32. The standard InChI is InChI=1S/C19H26FN7O4/c20-11-3-4-12-10(8-25-15(12)7-11)6-13(21)17(29)26-9-16(28)27-14(18(30)31)2-1-5-24-19(22)23/h3-4,7-8,13-14,25H,1-2,5-6,9,21H2,(H,26,29)(H,27,28)(H,30,31)(H4,22,23,24)/t13-,14-/m0/s1. The van der Waals surface area contributed by atoms with E-state index in [0.29, 0.717) is 18.5 Å². The molecule has 31 heavy (non-hydrogen) atoms. The second-order valence-electron chi connectivity index (χ2n) is 6.97. The number of aromatic nitrogens is 1. The molecule has 0 aliphatic carbocycles. The van der Waals surface area contributed by atoms with Crippen LogP contribution in [0.1, 0.15) is 18.4 Å². The number of nitrogens with two attached hydrogens (primary N) is 2. The fourth-order valence-electron chi connectivity index (χ4n) is 2.99. The van der Waals surface area contributed by atoms with Crippen LogP contribution in [0.3, 0.4) is 0 Å². The van der Waals surface area contributed by atoms with Crippen LogP contribution in [0.5, 0.6) is 0 Å². The molecule has 0 radical (unpaired) electrons. The lowest BCUT2D eigenvalue weighted by atomic mass is 10.0. The highest BCUT2D eigenvalue weighted by atomic mass is 19.1. The van der Waals surface area contributed by atoms with Gasteiger partial charge in [0, 0.05) is 23.6 Å². The van der Waals surface area contributed by atoms with Gasteiger partial charge in [0.05, 0.1) is 12.6 Å². The van der Waals surface area contributed by atoms with Crippen molar-refractivity contribution in [2.45, 2.75) is 31.3 Å². The molecule has 1 aromatic heterocycles. The summed E-state index contributed by atoms with van der Waals surface area (Å²) in [4.78, 5) is 38.4. The van der Waals surface area contributed by atoms with Gasteiger partial charge in [0.25, 0.3) is 0 Å². The van der Waals surface area contributed by atoms with E-state index >= 15 is 0 Å². The first-order valence-electron chi connectivity index (χ1n) is 9.56. The molecular formula is C19H26FN7O4. The Bertz CT molecular complexity index is 962. The molecule has 1 heterocycles. The van der Waals surface area contributed by atoms with Crippen molar-refractivity contribution in [3.05, 3.63) is 35.8 Å². The minimum atomic E-state index is -1.21. The number of aliphatic carboxylic acids is 1. The predicted molar refractivity (Wildman–Crippen MR) is 112 cm³/mol. The van der Waals surface area contributed by atoms with Gasteiger partial charge in [-0.1, -0.05) is 0 Å². The minimum absolute atomic E-state index is 0.121. The van der Waals surface area contributed by atoms with E-state index in [9.17, 15) is 23.9 Å². The molecule has 1 aromatic carbocycles. The van der Waals surface area contributed by atoms with Gasteiger partial charge >= 0.3 is 5.97 Å². The molecule has 0 fully saturated rings. The van der Waals surface area contributed by atoms with Crippen molar-refractivity contribution in [2.75, 3.05) is 13.1 Å². The van der Waals surface area contributed by atoms with Crippen molar-refractivity contribution in [2.24, 2.45) is 11.5 Å². The zero-order chi connectivity index (χ0) is 23.0. The number of fused-ring (bicyclic) bond motifs is 1. The van der Waals surface area contributed by atoms with Gasteiger partial charge in [-0.05, 0) is 43.0 Å². The van der Waals surface area contributed by atoms with Gasteiger partial charge in [-0.3, -0.25) is 15.0 Å². The molecule has 12 heteroatoms. The Hall–Kier alpha value is -3.67. The van der Waals surface area contributed by atoms with Crippen molar-refractivity contribution >= 4 is 34.6 Å². The molecule has 10 N–H and O–H groups in total. The highest BCUT2D eigenvalue weighted by molar-refractivity contribution is 5.90. The van der Waals surface area contributed by atoms with E-state index in [1.165, 1.54) is 12.1 Å². The lowest BCUT2D eigenvalue weighted by Crippen LogP contribution is -2.49. The number of hydrogen-bond donors (Lipinski definition) is 8. The number of carboxylic acids is 1. The number of H-pyrrole nitrogens is 1. The summed E-state index contributed by atoms with van der Waals surface area (Å²) in [5, 5.41) is 24.2. The van der Waals surface area contributed by atoms with Crippen molar-refractivity contribution < 1.29 is 23.9 Å². The van der Waals surface area contributed by atoms with Gasteiger partial charge < -0.3 is 37.5 Å². The number of aromatic amines is 1. The average Bonchev–Trinajstić information content (AvgIpc) is 3.09. The van der Waals surface area contributed by atoms with Crippen LogP contribution in [-0.2, 0) is 20.8 Å². The molecule has 0 saturated heterocycles. The average molecular weight is 435 g/mol. The highest BCUT2D eigenvalue weighted by Crippen LogP contribution is 2.20. The number of hydrogen-bond acceptors (Lipinski definition) is 5. The third-order valence-electron chi connectivity index (χ3n) is 4.55. The SMILES string of the molecule is N=C(N)NCCC[C@H](NC(=O)CNC(=O)[C@@H](N)Cc1c[nH]c2cc(F)ccc12)C(=O)O. The maximum Gasteiger partial charge on any atom is 0.326 e. The van der Waals surface area contributed by atoms with E-state index in [4.69, 9.17) is 16.9 Å². The van der Waals surface area contributed by atoms with Crippen LogP contribution in [0.25, 0.3) is 10.9 Å². The molecule has 11 nitrogen and oxygen atoms in total. The number of guanidine groups is 1. The summed E-state index contributed by atoms with van der Waals surface area (Å²) in [7, 11) is 0. The van der Waals surface area contributed by atoms with E-state index in [1.54, 1.807) is 12.3 Å². The minimum Gasteiger partial charge on any atom is -0.480 e. The van der Waals surface area contributed by atoms with Crippen molar-refractivity contribution in [1.82, 2.24) is 20.9 Å². The third kappa shape index (κ3) is 7.26. The Morgan fingerprint density at radius 1 is 1.26 bits per heavy atom. The van der Waals surface area contributed by atoms with Crippen molar-refractivity contribution in [3.8, 4) is 0 Å². The van der Waals surface area contributed by atoms with Crippen LogP contribution >= 0.6 is 0 Å². The summed E-state index contributed by atoms with van der Waals surface area (Å²) in [5.41, 5.74) is 12.4. The Balaban J connectivity index is 1.80. The van der Waals surface area contributed by atoms with Crippen LogP contribution in [0.4, 0.5) is 4.39 Å². The summed E-state index contributed by atoms with van der Waals surface area (Å²) in [6.07, 6.45) is 2.29. The molecule has 2 atom stereocenters. The maximum atomic E-state index is 13.3. The summed E-state index contributed by atoms with van der Waals surface area (Å²) in [5.74, 6) is -3.08. The highest BCUT2D eigenvalue weighted by Gasteiger charge is 2.21. The smallest absolute Gasteiger partial charge is 0.326 e. The van der Waals surface area contributed by atoms with Crippen LogP contribution in [0, 0.1) is 11.2 Å². The number of carbonyl (C=O) groups is 3. The molecule has 0 unspecified atom stereocenters. The number of amides is 2. The number of nitrogens with one attached hydrogen (secondary N) is 5. The summed E-state index contributed by atoms with van der Waals surface area (Å²) >= 11 is 0. The molecule has 0 spiro atoms. The molecule has 2 amide bonds. The van der Waals surface area contributed by atoms with Crippen molar-refractivity contribution in [3.63, 3.8) is 0 Å². The number of halogens is 1. The predicted octanol–water partition coefficient (Wildman–Crippen LogP) is -0.874. The van der Waals surface area contributed by atoms with Crippen LogP contribution in [0.15, 0.2) is 24.4 Å². The monoisotopic (exact) mass is 435 g/mol. The van der Waals surface area contributed by atoms with Gasteiger partial charge in [0.15, 0.2) is 5.96 Å². The first kappa shape index (κ1) is 23.6.